The van der Waals surface area contributed by atoms with E-state index in [4.69, 9.17) is 9.97 Å². The number of fused-ring (bicyclic) bond motifs is 1. The molecule has 1 N–H and O–H groups in total. The highest BCUT2D eigenvalue weighted by Crippen LogP contribution is 2.35. The van der Waals surface area contributed by atoms with Crippen molar-refractivity contribution >= 4 is 16.7 Å². The number of phenolic OH excluding ortho intramolecular Hbond substituents is 1. The van der Waals surface area contributed by atoms with Crippen LogP contribution in [0.2, 0.25) is 0 Å². The Morgan fingerprint density at radius 3 is 2.76 bits per heavy atom. The van der Waals surface area contributed by atoms with Gasteiger partial charge in [-0.2, -0.15) is 0 Å². The van der Waals surface area contributed by atoms with Crippen molar-refractivity contribution in [1.82, 2.24) is 15.0 Å². The highest BCUT2D eigenvalue weighted by molar-refractivity contribution is 5.92. The van der Waals surface area contributed by atoms with Gasteiger partial charge in [0.25, 0.3) is 0 Å². The highest BCUT2D eigenvalue weighted by Gasteiger charge is 2.27. The second-order valence-corrected chi connectivity index (χ2v) is 7.63. The van der Waals surface area contributed by atoms with Gasteiger partial charge in [-0.1, -0.05) is 24.3 Å². The Morgan fingerprint density at radius 2 is 1.93 bits per heavy atom. The minimum absolute atomic E-state index is 0.195. The van der Waals surface area contributed by atoms with E-state index in [9.17, 15) is 5.11 Å². The molecule has 2 aromatic carbocycles. The zero-order chi connectivity index (χ0) is 19.8. The third-order valence-electron chi connectivity index (χ3n) is 5.62. The fourth-order valence-electron chi connectivity index (χ4n) is 4.09. The lowest BCUT2D eigenvalue weighted by Crippen LogP contribution is -2.21. The van der Waals surface area contributed by atoms with Crippen molar-refractivity contribution in [2.75, 3.05) is 18.0 Å². The second-order valence-electron chi connectivity index (χ2n) is 7.63. The fraction of sp³-hybridized carbons (Fsp3) is 0.208. The van der Waals surface area contributed by atoms with Crippen molar-refractivity contribution in [1.29, 1.82) is 0 Å². The monoisotopic (exact) mass is 382 g/mol. The summed E-state index contributed by atoms with van der Waals surface area (Å²) in [5, 5.41) is 11.4. The van der Waals surface area contributed by atoms with E-state index in [0.717, 1.165) is 41.8 Å². The van der Waals surface area contributed by atoms with E-state index in [-0.39, 0.29) is 5.75 Å². The minimum Gasteiger partial charge on any atom is -0.507 e. The van der Waals surface area contributed by atoms with Crippen LogP contribution in [-0.4, -0.2) is 33.1 Å². The van der Waals surface area contributed by atoms with Crippen LogP contribution in [0.25, 0.3) is 22.3 Å². The molecule has 0 radical (unpaired) electrons. The molecule has 1 aliphatic rings. The molecular weight excluding hydrogens is 360 g/mol. The summed E-state index contributed by atoms with van der Waals surface area (Å²) in [6, 6.07) is 17.7. The lowest BCUT2D eigenvalue weighted by atomic mass is 10.0. The number of hydrogen-bond donors (Lipinski definition) is 1. The molecule has 1 saturated heterocycles. The normalized spacial score (nSPS) is 16.4. The number of hydrogen-bond acceptors (Lipinski definition) is 5. The summed E-state index contributed by atoms with van der Waals surface area (Å²) >= 11 is 0. The summed E-state index contributed by atoms with van der Waals surface area (Å²) in [7, 11) is 0. The number of aryl methyl sites for hydroxylation is 1. The first kappa shape index (κ1) is 17.6. The van der Waals surface area contributed by atoms with Crippen molar-refractivity contribution in [3.05, 3.63) is 78.1 Å². The molecule has 1 atom stereocenters. The molecule has 0 amide bonds. The number of aromatic hydroxyl groups is 1. The molecule has 1 unspecified atom stereocenters. The van der Waals surface area contributed by atoms with Gasteiger partial charge >= 0.3 is 0 Å². The zero-order valence-corrected chi connectivity index (χ0v) is 16.3. The summed E-state index contributed by atoms with van der Waals surface area (Å²) < 4.78 is 0. The first-order valence-electron chi connectivity index (χ1n) is 9.91. The highest BCUT2D eigenvalue weighted by atomic mass is 16.3. The SMILES string of the molecule is Cc1ccc2c(N3CCC(c4cccnc4)C3)nc(-c3ccccc3O)nc2c1. The topological polar surface area (TPSA) is 62.1 Å². The Kier molecular flexibility index (Phi) is 4.35. The minimum atomic E-state index is 0.195. The van der Waals surface area contributed by atoms with Crippen LogP contribution in [0.5, 0.6) is 5.75 Å². The van der Waals surface area contributed by atoms with Crippen LogP contribution in [-0.2, 0) is 0 Å². The van der Waals surface area contributed by atoms with Gasteiger partial charge in [-0.05, 0) is 54.8 Å². The largest absolute Gasteiger partial charge is 0.507 e. The van der Waals surface area contributed by atoms with Crippen molar-refractivity contribution in [3.63, 3.8) is 0 Å². The van der Waals surface area contributed by atoms with Crippen LogP contribution < -0.4 is 4.90 Å². The van der Waals surface area contributed by atoms with Crippen molar-refractivity contribution in [3.8, 4) is 17.1 Å². The molecule has 0 saturated carbocycles. The summed E-state index contributed by atoms with van der Waals surface area (Å²) in [4.78, 5) is 16.3. The lowest BCUT2D eigenvalue weighted by molar-refractivity contribution is 0.477. The van der Waals surface area contributed by atoms with E-state index in [1.54, 1.807) is 6.07 Å². The Bertz CT molecular complexity index is 1180. The Hall–Kier alpha value is -3.47. The average molecular weight is 382 g/mol. The van der Waals surface area contributed by atoms with Crippen molar-refractivity contribution < 1.29 is 5.11 Å². The fourth-order valence-corrected chi connectivity index (χ4v) is 4.09. The molecule has 144 valence electrons. The standard InChI is InChI=1S/C24H22N4O/c1-16-8-9-19-21(13-16)26-23(20-6-2-3-7-22(20)29)27-24(19)28-12-10-18(15-28)17-5-4-11-25-14-17/h2-9,11,13-14,18,29H,10,12,15H2,1H3. The summed E-state index contributed by atoms with van der Waals surface area (Å²) in [5.41, 5.74) is 3.98. The number of anilines is 1. The Labute approximate surface area is 169 Å². The number of nitrogens with zero attached hydrogens (tertiary/aromatic N) is 4. The second kappa shape index (κ2) is 7.17. The molecule has 3 heterocycles. The van der Waals surface area contributed by atoms with Gasteiger partial charge in [0.2, 0.25) is 0 Å². The molecule has 5 nitrogen and oxygen atoms in total. The van der Waals surface area contributed by atoms with E-state index in [1.807, 2.05) is 36.7 Å². The molecule has 0 aliphatic carbocycles. The maximum absolute atomic E-state index is 10.3. The van der Waals surface area contributed by atoms with Crippen LogP contribution in [0.4, 0.5) is 5.82 Å². The quantitative estimate of drug-likeness (QED) is 0.556. The maximum atomic E-state index is 10.3. The Morgan fingerprint density at radius 1 is 1.03 bits per heavy atom. The molecule has 0 bridgehead atoms. The average Bonchev–Trinajstić information content (AvgIpc) is 3.24. The molecule has 1 fully saturated rings. The number of rotatable bonds is 3. The number of pyridine rings is 1. The van der Waals surface area contributed by atoms with Gasteiger partial charge in [0.15, 0.2) is 5.82 Å². The van der Waals surface area contributed by atoms with Gasteiger partial charge in [0.05, 0.1) is 11.1 Å². The predicted octanol–water partition coefficient (Wildman–Crippen LogP) is 4.70. The molecule has 4 aromatic rings. The third kappa shape index (κ3) is 3.29. The summed E-state index contributed by atoms with van der Waals surface area (Å²) in [6.45, 7) is 3.89. The summed E-state index contributed by atoms with van der Waals surface area (Å²) in [6.07, 6.45) is 4.84. The molecule has 5 heteroatoms. The van der Waals surface area contributed by atoms with E-state index >= 15 is 0 Å². The number of phenols is 1. The van der Waals surface area contributed by atoms with Crippen molar-refractivity contribution in [2.24, 2.45) is 0 Å². The van der Waals surface area contributed by atoms with Gasteiger partial charge < -0.3 is 10.0 Å². The molecule has 29 heavy (non-hydrogen) atoms. The number of benzene rings is 2. The van der Waals surface area contributed by atoms with Crippen LogP contribution in [0, 0.1) is 6.92 Å². The first-order chi connectivity index (χ1) is 14.2. The lowest BCUT2D eigenvalue weighted by Gasteiger charge is -2.21. The molecule has 0 spiro atoms. The summed E-state index contributed by atoms with van der Waals surface area (Å²) in [5.74, 6) is 2.12. The predicted molar refractivity (Wildman–Crippen MR) is 115 cm³/mol. The van der Waals surface area contributed by atoms with Gasteiger partial charge in [-0.25, -0.2) is 9.97 Å². The van der Waals surface area contributed by atoms with Gasteiger partial charge in [-0.3, -0.25) is 4.98 Å². The smallest absolute Gasteiger partial charge is 0.165 e. The molecule has 5 rings (SSSR count). The van der Waals surface area contributed by atoms with E-state index in [0.29, 0.717) is 17.3 Å². The van der Waals surface area contributed by atoms with E-state index in [2.05, 4.69) is 41.1 Å². The number of para-hydroxylation sites is 1. The van der Waals surface area contributed by atoms with Crippen molar-refractivity contribution in [2.45, 2.75) is 19.3 Å². The zero-order valence-electron chi connectivity index (χ0n) is 16.3. The van der Waals surface area contributed by atoms with E-state index < -0.39 is 0 Å². The van der Waals surface area contributed by atoms with Crippen LogP contribution >= 0.6 is 0 Å². The Balaban J connectivity index is 1.60. The van der Waals surface area contributed by atoms with E-state index in [1.165, 1.54) is 5.56 Å². The van der Waals surface area contributed by atoms with Crippen LogP contribution in [0.3, 0.4) is 0 Å². The van der Waals surface area contributed by atoms with Gasteiger partial charge in [-0.15, -0.1) is 0 Å². The first-order valence-corrected chi connectivity index (χ1v) is 9.91. The molecular formula is C24H22N4O. The number of aromatic nitrogens is 3. The van der Waals surface area contributed by atoms with Crippen LogP contribution in [0.15, 0.2) is 67.0 Å². The van der Waals surface area contributed by atoms with Crippen LogP contribution in [0.1, 0.15) is 23.5 Å². The third-order valence-corrected chi connectivity index (χ3v) is 5.62. The van der Waals surface area contributed by atoms with Gasteiger partial charge in [0.1, 0.15) is 11.6 Å². The van der Waals surface area contributed by atoms with Gasteiger partial charge in [0, 0.05) is 36.8 Å². The molecule has 2 aromatic heterocycles. The molecule has 1 aliphatic heterocycles. The maximum Gasteiger partial charge on any atom is 0.165 e.